The summed E-state index contributed by atoms with van der Waals surface area (Å²) in [6, 6.07) is 10.6. The Balaban J connectivity index is 1.31. The van der Waals surface area contributed by atoms with Gasteiger partial charge in [-0.25, -0.2) is 18.1 Å². The zero-order chi connectivity index (χ0) is 23.7. The van der Waals surface area contributed by atoms with Crippen molar-refractivity contribution in [2.24, 2.45) is 0 Å². The molecule has 0 spiro atoms. The number of benzene rings is 1. The molecule has 2 aliphatic rings. The van der Waals surface area contributed by atoms with Crippen LogP contribution < -0.4 is 14.9 Å². The molecule has 1 aromatic carbocycles. The van der Waals surface area contributed by atoms with E-state index >= 15 is 0 Å². The number of nitrogens with one attached hydrogen (secondary N) is 2. The first-order valence-electron chi connectivity index (χ1n) is 12.0. The third-order valence-electron chi connectivity index (χ3n) is 6.84. The molecule has 2 aromatic heterocycles. The van der Waals surface area contributed by atoms with Crippen LogP contribution in [0.2, 0.25) is 0 Å². The first kappa shape index (κ1) is 23.1. The second-order valence-electron chi connectivity index (χ2n) is 9.44. The summed E-state index contributed by atoms with van der Waals surface area (Å²) in [6.45, 7) is 1.71. The number of sulfonamides is 1. The predicted molar refractivity (Wildman–Crippen MR) is 134 cm³/mol. The summed E-state index contributed by atoms with van der Waals surface area (Å²) in [5.41, 5.74) is 2.27. The third-order valence-corrected chi connectivity index (χ3v) is 7.61. The maximum absolute atomic E-state index is 11.5. The van der Waals surface area contributed by atoms with Crippen LogP contribution in [0.3, 0.4) is 0 Å². The number of rotatable bonds is 6. The zero-order valence-electron chi connectivity index (χ0n) is 19.4. The monoisotopic (exact) mass is 484 g/mol. The molecular formula is C24H32N6O3S. The molecule has 5 rings (SSSR count). The summed E-state index contributed by atoms with van der Waals surface area (Å²) in [6.07, 6.45) is 9.73. The average molecular weight is 485 g/mol. The fourth-order valence-corrected chi connectivity index (χ4v) is 5.97. The number of nitrogens with zero attached hydrogens (tertiary/aromatic N) is 4. The molecule has 0 radical (unpaired) electrons. The Bertz CT molecular complexity index is 1240. The van der Waals surface area contributed by atoms with Gasteiger partial charge in [-0.2, -0.15) is 4.98 Å². The minimum absolute atomic E-state index is 0.00362. The molecule has 9 nitrogen and oxygen atoms in total. The Morgan fingerprint density at radius 2 is 1.74 bits per heavy atom. The van der Waals surface area contributed by atoms with Crippen molar-refractivity contribution in [2.75, 3.05) is 29.6 Å². The molecule has 1 saturated carbocycles. The van der Waals surface area contributed by atoms with E-state index in [2.05, 4.69) is 48.8 Å². The molecular weight excluding hydrogens is 452 g/mol. The Kier molecular flexibility index (Phi) is 6.46. The number of hydrogen-bond acceptors (Lipinski definition) is 7. The fraction of sp³-hybridized carbons (Fsp3) is 0.500. The van der Waals surface area contributed by atoms with E-state index in [-0.39, 0.29) is 18.2 Å². The number of hydrogen-bond donors (Lipinski definition) is 3. The van der Waals surface area contributed by atoms with Gasteiger partial charge in [0.15, 0.2) is 0 Å². The molecule has 1 aliphatic heterocycles. The highest BCUT2D eigenvalue weighted by molar-refractivity contribution is 7.88. The highest BCUT2D eigenvalue weighted by Crippen LogP contribution is 2.31. The van der Waals surface area contributed by atoms with Gasteiger partial charge in [-0.1, -0.05) is 6.07 Å². The Morgan fingerprint density at radius 1 is 1.00 bits per heavy atom. The van der Waals surface area contributed by atoms with Crippen molar-refractivity contribution in [1.29, 1.82) is 0 Å². The molecule has 3 aromatic rings. The molecule has 34 heavy (non-hydrogen) atoms. The van der Waals surface area contributed by atoms with Crippen LogP contribution in [0, 0.1) is 0 Å². The van der Waals surface area contributed by atoms with Crippen molar-refractivity contribution >= 4 is 32.6 Å². The van der Waals surface area contributed by atoms with Gasteiger partial charge in [-0.05, 0) is 62.8 Å². The summed E-state index contributed by atoms with van der Waals surface area (Å²) >= 11 is 0. The SMILES string of the molecule is CS(=O)(=O)NC1CCC(Nc2nccc(-n3ccc4c(N5CCC(O)CC5)cccc43)n2)CC1. The lowest BCUT2D eigenvalue weighted by Gasteiger charge is -2.32. The molecule has 3 heterocycles. The molecule has 2 fully saturated rings. The van der Waals surface area contributed by atoms with Crippen molar-refractivity contribution < 1.29 is 13.5 Å². The molecule has 10 heteroatoms. The van der Waals surface area contributed by atoms with Gasteiger partial charge in [0.1, 0.15) is 5.82 Å². The normalized spacial score (nSPS) is 22.2. The summed E-state index contributed by atoms with van der Waals surface area (Å²) in [5, 5.41) is 14.5. The van der Waals surface area contributed by atoms with Gasteiger partial charge in [0, 0.05) is 48.6 Å². The minimum atomic E-state index is -3.17. The lowest BCUT2D eigenvalue weighted by atomic mass is 9.92. The summed E-state index contributed by atoms with van der Waals surface area (Å²) in [5.74, 6) is 1.38. The maximum atomic E-state index is 11.5. The lowest BCUT2D eigenvalue weighted by molar-refractivity contribution is 0.145. The first-order valence-corrected chi connectivity index (χ1v) is 13.9. The topological polar surface area (TPSA) is 112 Å². The third kappa shape index (κ3) is 5.18. The van der Waals surface area contributed by atoms with E-state index in [0.717, 1.165) is 62.9 Å². The molecule has 0 amide bonds. The zero-order valence-corrected chi connectivity index (χ0v) is 20.2. The van der Waals surface area contributed by atoms with E-state index in [1.165, 1.54) is 17.3 Å². The van der Waals surface area contributed by atoms with Crippen LogP contribution in [-0.2, 0) is 10.0 Å². The predicted octanol–water partition coefficient (Wildman–Crippen LogP) is 2.65. The lowest BCUT2D eigenvalue weighted by Crippen LogP contribution is -2.39. The van der Waals surface area contributed by atoms with Crippen LogP contribution in [-0.4, -0.2) is 65.6 Å². The Morgan fingerprint density at radius 3 is 2.47 bits per heavy atom. The van der Waals surface area contributed by atoms with Gasteiger partial charge in [0.25, 0.3) is 0 Å². The van der Waals surface area contributed by atoms with Crippen molar-refractivity contribution in [2.45, 2.75) is 56.7 Å². The van der Waals surface area contributed by atoms with E-state index in [1.807, 2.05) is 12.3 Å². The summed E-state index contributed by atoms with van der Waals surface area (Å²) < 4.78 is 27.7. The van der Waals surface area contributed by atoms with Gasteiger partial charge in [-0.3, -0.25) is 0 Å². The van der Waals surface area contributed by atoms with Gasteiger partial charge in [-0.15, -0.1) is 0 Å². The Hall–Kier alpha value is -2.69. The molecule has 0 unspecified atom stereocenters. The van der Waals surface area contributed by atoms with Crippen molar-refractivity contribution in [3.8, 4) is 5.82 Å². The van der Waals surface area contributed by atoms with E-state index in [9.17, 15) is 13.5 Å². The van der Waals surface area contributed by atoms with Crippen molar-refractivity contribution in [3.05, 3.63) is 42.7 Å². The number of fused-ring (bicyclic) bond motifs is 1. The van der Waals surface area contributed by atoms with Crippen LogP contribution in [0.1, 0.15) is 38.5 Å². The molecule has 0 bridgehead atoms. The van der Waals surface area contributed by atoms with Crippen LogP contribution in [0.5, 0.6) is 0 Å². The molecule has 1 saturated heterocycles. The minimum Gasteiger partial charge on any atom is -0.393 e. The van der Waals surface area contributed by atoms with Crippen LogP contribution in [0.15, 0.2) is 42.7 Å². The van der Waals surface area contributed by atoms with Crippen LogP contribution in [0.25, 0.3) is 16.7 Å². The van der Waals surface area contributed by atoms with Gasteiger partial charge >= 0.3 is 0 Å². The second-order valence-corrected chi connectivity index (χ2v) is 11.2. The van der Waals surface area contributed by atoms with Crippen molar-refractivity contribution in [1.82, 2.24) is 19.3 Å². The first-order chi connectivity index (χ1) is 16.4. The standard InChI is InChI=1S/C24H32N6O3S/c1-34(32,33)28-18-7-5-17(6-8-18)26-24-25-13-9-23(27-24)30-16-12-20-21(3-2-4-22(20)30)29-14-10-19(31)11-15-29/h2-4,9,12-13,16-19,28,31H,5-8,10-11,14-15H2,1H3,(H,25,26,27). The van der Waals surface area contributed by atoms with Gasteiger partial charge in [0.2, 0.25) is 16.0 Å². The Labute approximate surface area is 200 Å². The van der Waals surface area contributed by atoms with E-state index in [4.69, 9.17) is 4.98 Å². The quantitative estimate of drug-likeness (QED) is 0.493. The van der Waals surface area contributed by atoms with E-state index in [1.54, 1.807) is 6.20 Å². The molecule has 3 N–H and O–H groups in total. The number of anilines is 2. The van der Waals surface area contributed by atoms with Gasteiger partial charge in [0.05, 0.1) is 17.9 Å². The van der Waals surface area contributed by atoms with Crippen LogP contribution in [0.4, 0.5) is 11.6 Å². The average Bonchev–Trinajstić information content (AvgIpc) is 3.25. The molecule has 0 atom stereocenters. The number of aliphatic hydroxyl groups excluding tert-OH is 1. The van der Waals surface area contributed by atoms with Crippen LogP contribution >= 0.6 is 0 Å². The van der Waals surface area contributed by atoms with Crippen molar-refractivity contribution in [3.63, 3.8) is 0 Å². The maximum Gasteiger partial charge on any atom is 0.224 e. The number of aliphatic hydroxyl groups is 1. The largest absolute Gasteiger partial charge is 0.393 e. The summed E-state index contributed by atoms with van der Waals surface area (Å²) in [7, 11) is -3.17. The molecule has 182 valence electrons. The molecule has 1 aliphatic carbocycles. The highest BCUT2D eigenvalue weighted by atomic mass is 32.2. The van der Waals surface area contributed by atoms with E-state index < -0.39 is 10.0 Å². The van der Waals surface area contributed by atoms with Gasteiger partial charge < -0.3 is 19.9 Å². The fourth-order valence-electron chi connectivity index (χ4n) is 5.13. The number of piperidine rings is 1. The second kappa shape index (κ2) is 9.52. The smallest absolute Gasteiger partial charge is 0.224 e. The number of aromatic nitrogens is 3. The highest BCUT2D eigenvalue weighted by Gasteiger charge is 2.24. The summed E-state index contributed by atoms with van der Waals surface area (Å²) in [4.78, 5) is 11.5. The van der Waals surface area contributed by atoms with E-state index in [0.29, 0.717) is 5.95 Å².